The zero-order valence-corrected chi connectivity index (χ0v) is 15.4. The van der Waals surface area contributed by atoms with Crippen molar-refractivity contribution in [2.45, 2.75) is 19.9 Å². The quantitative estimate of drug-likeness (QED) is 0.535. The highest BCUT2D eigenvalue weighted by molar-refractivity contribution is 5.77. The number of carbonyl (C=O) groups is 1. The van der Waals surface area contributed by atoms with Crippen LogP contribution in [0.5, 0.6) is 17.2 Å². The van der Waals surface area contributed by atoms with E-state index in [2.05, 4.69) is 5.32 Å². The van der Waals surface area contributed by atoms with E-state index in [0.29, 0.717) is 12.4 Å². The zero-order valence-electron chi connectivity index (χ0n) is 15.4. The number of carbonyl (C=O) groups excluding carboxylic acids is 1. The fraction of sp³-hybridized carbons (Fsp3) is 0.316. The SMILES string of the molecule is COc1cc(OCC(=O)NC(C)COc2ccc(C)cc2)ccc1[N+](=O)[O-]. The first kappa shape index (κ1) is 20.0. The van der Waals surface area contributed by atoms with Gasteiger partial charge in [0.15, 0.2) is 6.61 Å². The predicted octanol–water partition coefficient (Wildman–Crippen LogP) is 2.87. The smallest absolute Gasteiger partial charge is 0.311 e. The number of aryl methyl sites for hydroxylation is 1. The van der Waals surface area contributed by atoms with Gasteiger partial charge in [-0.15, -0.1) is 0 Å². The van der Waals surface area contributed by atoms with E-state index in [1.165, 1.54) is 25.3 Å². The van der Waals surface area contributed by atoms with Gasteiger partial charge in [-0.25, -0.2) is 0 Å². The van der Waals surface area contributed by atoms with Gasteiger partial charge in [0.25, 0.3) is 5.91 Å². The maximum absolute atomic E-state index is 12.0. The Morgan fingerprint density at radius 3 is 2.44 bits per heavy atom. The minimum atomic E-state index is -0.551. The molecule has 0 fully saturated rings. The van der Waals surface area contributed by atoms with Gasteiger partial charge in [-0.3, -0.25) is 14.9 Å². The average Bonchev–Trinajstić information content (AvgIpc) is 2.65. The van der Waals surface area contributed by atoms with E-state index in [4.69, 9.17) is 14.2 Å². The van der Waals surface area contributed by atoms with Gasteiger partial charge < -0.3 is 19.5 Å². The molecule has 0 aliphatic rings. The van der Waals surface area contributed by atoms with Crippen molar-refractivity contribution < 1.29 is 23.9 Å². The monoisotopic (exact) mass is 374 g/mol. The van der Waals surface area contributed by atoms with E-state index < -0.39 is 4.92 Å². The molecule has 27 heavy (non-hydrogen) atoms. The lowest BCUT2D eigenvalue weighted by atomic mass is 10.2. The third-order valence-electron chi connectivity index (χ3n) is 3.65. The molecule has 1 amide bonds. The zero-order chi connectivity index (χ0) is 19.8. The summed E-state index contributed by atoms with van der Waals surface area (Å²) >= 11 is 0. The van der Waals surface area contributed by atoms with Crippen LogP contribution in [0.25, 0.3) is 0 Å². The summed E-state index contributed by atoms with van der Waals surface area (Å²) in [5.74, 6) is 0.775. The van der Waals surface area contributed by atoms with Crippen LogP contribution >= 0.6 is 0 Å². The van der Waals surface area contributed by atoms with Gasteiger partial charge in [0.05, 0.1) is 18.1 Å². The van der Waals surface area contributed by atoms with Crippen LogP contribution < -0.4 is 19.5 Å². The van der Waals surface area contributed by atoms with Crippen molar-refractivity contribution in [1.29, 1.82) is 0 Å². The molecule has 0 saturated heterocycles. The van der Waals surface area contributed by atoms with Crippen LogP contribution in [0.1, 0.15) is 12.5 Å². The Labute approximate surface area is 157 Å². The molecule has 1 N–H and O–H groups in total. The fourth-order valence-electron chi connectivity index (χ4n) is 2.26. The number of methoxy groups -OCH3 is 1. The number of hydrogen-bond donors (Lipinski definition) is 1. The molecule has 0 heterocycles. The highest BCUT2D eigenvalue weighted by Crippen LogP contribution is 2.30. The second kappa shape index (κ2) is 9.42. The summed E-state index contributed by atoms with van der Waals surface area (Å²) < 4.78 is 15.9. The van der Waals surface area contributed by atoms with Crippen molar-refractivity contribution in [3.05, 3.63) is 58.1 Å². The standard InChI is InChI=1S/C19H22N2O6/c1-13-4-6-15(7-5-13)26-11-14(2)20-19(22)12-27-16-8-9-17(21(23)24)18(10-16)25-3/h4-10,14H,11-12H2,1-3H3,(H,20,22). The Kier molecular flexibility index (Phi) is 6.99. The minimum absolute atomic E-state index is 0.0674. The lowest BCUT2D eigenvalue weighted by Gasteiger charge is -2.15. The summed E-state index contributed by atoms with van der Waals surface area (Å²) in [4.78, 5) is 22.3. The number of benzene rings is 2. The normalized spacial score (nSPS) is 11.4. The lowest BCUT2D eigenvalue weighted by molar-refractivity contribution is -0.385. The fourth-order valence-corrected chi connectivity index (χ4v) is 2.26. The highest BCUT2D eigenvalue weighted by atomic mass is 16.6. The number of nitrogens with zero attached hydrogens (tertiary/aromatic N) is 1. The Morgan fingerprint density at radius 2 is 1.81 bits per heavy atom. The Morgan fingerprint density at radius 1 is 1.15 bits per heavy atom. The Balaban J connectivity index is 1.79. The molecule has 0 saturated carbocycles. The molecule has 8 nitrogen and oxygen atoms in total. The molecule has 1 unspecified atom stereocenters. The van der Waals surface area contributed by atoms with Gasteiger partial charge in [0, 0.05) is 12.1 Å². The van der Waals surface area contributed by atoms with E-state index >= 15 is 0 Å². The number of hydrogen-bond acceptors (Lipinski definition) is 6. The first-order valence-corrected chi connectivity index (χ1v) is 8.33. The van der Waals surface area contributed by atoms with Crippen molar-refractivity contribution in [1.82, 2.24) is 5.32 Å². The topological polar surface area (TPSA) is 99.9 Å². The Bertz CT molecular complexity index is 791. The van der Waals surface area contributed by atoms with Crippen LogP contribution in [0.2, 0.25) is 0 Å². The van der Waals surface area contributed by atoms with Gasteiger partial charge in [0.2, 0.25) is 5.75 Å². The number of ether oxygens (including phenoxy) is 3. The molecule has 2 rings (SSSR count). The minimum Gasteiger partial charge on any atom is -0.491 e. The van der Waals surface area contributed by atoms with Crippen molar-refractivity contribution in [2.75, 3.05) is 20.3 Å². The molecule has 0 bridgehead atoms. The van der Waals surface area contributed by atoms with Gasteiger partial charge in [0.1, 0.15) is 18.1 Å². The predicted molar refractivity (Wildman–Crippen MR) is 99.4 cm³/mol. The van der Waals surface area contributed by atoms with Gasteiger partial charge in [-0.05, 0) is 32.0 Å². The van der Waals surface area contributed by atoms with Crippen LogP contribution in [-0.2, 0) is 4.79 Å². The van der Waals surface area contributed by atoms with Crippen LogP contribution in [-0.4, -0.2) is 37.2 Å². The van der Waals surface area contributed by atoms with E-state index in [0.717, 1.165) is 11.3 Å². The molecule has 0 radical (unpaired) electrons. The molecular formula is C19H22N2O6. The summed E-state index contributed by atoms with van der Waals surface area (Å²) in [6, 6.07) is 11.5. The highest BCUT2D eigenvalue weighted by Gasteiger charge is 2.16. The molecule has 2 aromatic rings. The molecule has 0 spiro atoms. The third kappa shape index (κ3) is 6.18. The molecule has 1 atom stereocenters. The number of nitrogens with one attached hydrogen (secondary N) is 1. The summed E-state index contributed by atoms with van der Waals surface area (Å²) in [5, 5.41) is 13.6. The van der Waals surface area contributed by atoms with Crippen molar-refractivity contribution in [3.63, 3.8) is 0 Å². The van der Waals surface area contributed by atoms with E-state index in [1.54, 1.807) is 0 Å². The largest absolute Gasteiger partial charge is 0.491 e. The lowest BCUT2D eigenvalue weighted by Crippen LogP contribution is -2.39. The first-order chi connectivity index (χ1) is 12.9. The van der Waals surface area contributed by atoms with Crippen molar-refractivity contribution in [3.8, 4) is 17.2 Å². The van der Waals surface area contributed by atoms with Crippen LogP contribution in [0.4, 0.5) is 5.69 Å². The molecule has 8 heteroatoms. The van der Waals surface area contributed by atoms with Gasteiger partial charge >= 0.3 is 5.69 Å². The molecular weight excluding hydrogens is 352 g/mol. The molecule has 0 aliphatic heterocycles. The van der Waals surface area contributed by atoms with E-state index in [1.807, 2.05) is 38.1 Å². The first-order valence-electron chi connectivity index (χ1n) is 8.33. The average molecular weight is 374 g/mol. The molecule has 0 aromatic heterocycles. The molecule has 0 aliphatic carbocycles. The number of amides is 1. The number of nitro benzene ring substituents is 1. The van der Waals surface area contributed by atoms with E-state index in [-0.39, 0.29) is 30.0 Å². The van der Waals surface area contributed by atoms with Crippen molar-refractivity contribution >= 4 is 11.6 Å². The summed E-state index contributed by atoms with van der Waals surface area (Å²) in [6.07, 6.45) is 0. The third-order valence-corrected chi connectivity index (χ3v) is 3.65. The molecule has 2 aromatic carbocycles. The van der Waals surface area contributed by atoms with Crippen LogP contribution in [0.3, 0.4) is 0 Å². The van der Waals surface area contributed by atoms with Crippen LogP contribution in [0.15, 0.2) is 42.5 Å². The maximum atomic E-state index is 12.0. The number of rotatable bonds is 9. The van der Waals surface area contributed by atoms with Crippen LogP contribution in [0, 0.1) is 17.0 Å². The van der Waals surface area contributed by atoms with E-state index in [9.17, 15) is 14.9 Å². The van der Waals surface area contributed by atoms with Gasteiger partial charge in [-0.1, -0.05) is 17.7 Å². The summed E-state index contributed by atoms with van der Waals surface area (Å²) in [5.41, 5.74) is 0.972. The summed E-state index contributed by atoms with van der Waals surface area (Å²) in [6.45, 7) is 3.91. The second-order valence-electron chi connectivity index (χ2n) is 5.97. The maximum Gasteiger partial charge on any atom is 0.311 e. The number of nitro groups is 1. The molecule has 144 valence electrons. The summed E-state index contributed by atoms with van der Waals surface area (Å²) in [7, 11) is 1.33. The van der Waals surface area contributed by atoms with Gasteiger partial charge in [-0.2, -0.15) is 0 Å². The second-order valence-corrected chi connectivity index (χ2v) is 5.97. The Hall–Kier alpha value is -3.29. The van der Waals surface area contributed by atoms with Crippen molar-refractivity contribution in [2.24, 2.45) is 0 Å².